The molecule has 0 aromatic rings. The third-order valence-corrected chi connectivity index (χ3v) is 10.6. The quantitative estimate of drug-likeness (QED) is 0.430. The fourth-order valence-electron chi connectivity index (χ4n) is 1.14. The maximum absolute atomic E-state index is 11.4. The molecule has 0 aliphatic rings. The zero-order valence-corrected chi connectivity index (χ0v) is 12.5. The molecule has 0 amide bonds. The van der Waals surface area contributed by atoms with E-state index in [1.807, 2.05) is 6.92 Å². The lowest BCUT2D eigenvalue weighted by Gasteiger charge is -2.25. The molecule has 2 atom stereocenters. The second-order valence-electron chi connectivity index (χ2n) is 4.79. The Hall–Kier alpha value is 0.617. The van der Waals surface area contributed by atoms with E-state index >= 15 is 0 Å². The van der Waals surface area contributed by atoms with Gasteiger partial charge in [0.05, 0.1) is 8.07 Å². The summed E-state index contributed by atoms with van der Waals surface area (Å²) >= 11 is 2.52. The van der Waals surface area contributed by atoms with Crippen LogP contribution in [0.4, 0.5) is 0 Å². The summed E-state index contributed by atoms with van der Waals surface area (Å²) in [5.74, 6) is 0.679. The Kier molecular flexibility index (Phi) is 5.75. The van der Waals surface area contributed by atoms with Crippen molar-refractivity contribution in [2.24, 2.45) is 5.92 Å². The number of alkyl halides is 1. The Bertz CT molecular complexity index is 174. The van der Waals surface area contributed by atoms with Gasteiger partial charge in [-0.3, -0.25) is 4.79 Å². The number of carbonyl (C=O) groups excluding carboxylic acids is 1. The van der Waals surface area contributed by atoms with E-state index in [9.17, 15) is 4.79 Å². The first-order valence-electron chi connectivity index (χ1n) is 4.95. The van der Waals surface area contributed by atoms with Gasteiger partial charge < -0.3 is 0 Å². The van der Waals surface area contributed by atoms with Crippen molar-refractivity contribution in [2.45, 2.75) is 49.9 Å². The lowest BCUT2D eigenvalue weighted by molar-refractivity contribution is -0.122. The first-order valence-corrected chi connectivity index (χ1v) is 9.78. The maximum Gasteiger partial charge on any atom is 0.135 e. The van der Waals surface area contributed by atoms with Crippen molar-refractivity contribution in [3.8, 4) is 0 Å². The van der Waals surface area contributed by atoms with Crippen molar-refractivity contribution in [1.82, 2.24) is 0 Å². The van der Waals surface area contributed by atoms with E-state index in [0.29, 0.717) is 12.2 Å². The fraction of sp³-hybridized carbons (Fsp3) is 0.900. The standard InChI is InChI=1S/C10H21IOSi/c1-6-9(12)8(2)7-10(11)13(3,4)5/h8,10H,6-7H2,1-5H3/t8?,10-/m0/s1. The molecule has 0 spiro atoms. The number of hydrogen-bond acceptors (Lipinski definition) is 1. The predicted molar refractivity (Wildman–Crippen MR) is 70.2 cm³/mol. The smallest absolute Gasteiger partial charge is 0.135 e. The summed E-state index contributed by atoms with van der Waals surface area (Å²) in [4.78, 5) is 11.4. The van der Waals surface area contributed by atoms with Gasteiger partial charge in [-0.25, -0.2) is 0 Å². The summed E-state index contributed by atoms with van der Waals surface area (Å²) in [7, 11) is -1.05. The van der Waals surface area contributed by atoms with Crippen molar-refractivity contribution < 1.29 is 4.79 Å². The second-order valence-corrected chi connectivity index (χ2v) is 12.9. The first-order chi connectivity index (χ1) is 5.79. The molecule has 3 heteroatoms. The van der Waals surface area contributed by atoms with Crippen LogP contribution >= 0.6 is 22.6 Å². The average molecular weight is 312 g/mol. The lowest BCUT2D eigenvalue weighted by atomic mass is 10.0. The maximum atomic E-state index is 11.4. The molecule has 1 nitrogen and oxygen atoms in total. The van der Waals surface area contributed by atoms with Crippen LogP contribution < -0.4 is 0 Å². The summed E-state index contributed by atoms with van der Waals surface area (Å²) in [6, 6.07) is 0. The number of hydrogen-bond donors (Lipinski definition) is 0. The molecule has 1 unspecified atom stereocenters. The van der Waals surface area contributed by atoms with Crippen LogP contribution in [0.1, 0.15) is 26.7 Å². The number of rotatable bonds is 5. The van der Waals surface area contributed by atoms with Crippen LogP contribution in [0.3, 0.4) is 0 Å². The van der Waals surface area contributed by atoms with Gasteiger partial charge in [0.1, 0.15) is 5.78 Å². The minimum atomic E-state index is -1.05. The van der Waals surface area contributed by atoms with Crippen LogP contribution in [0.5, 0.6) is 0 Å². The van der Waals surface area contributed by atoms with Gasteiger partial charge in [-0.1, -0.05) is 56.1 Å². The third-order valence-electron chi connectivity index (χ3n) is 2.40. The lowest BCUT2D eigenvalue weighted by Crippen LogP contribution is -2.35. The molecule has 0 heterocycles. The number of carbonyl (C=O) groups is 1. The van der Waals surface area contributed by atoms with Crippen molar-refractivity contribution >= 4 is 36.4 Å². The van der Waals surface area contributed by atoms with Crippen LogP contribution in [0.15, 0.2) is 0 Å². The summed E-state index contributed by atoms with van der Waals surface area (Å²) in [6.07, 6.45) is 1.76. The van der Waals surface area contributed by atoms with E-state index < -0.39 is 8.07 Å². The van der Waals surface area contributed by atoms with E-state index in [0.717, 1.165) is 9.97 Å². The molecule has 78 valence electrons. The Morgan fingerprint density at radius 1 is 1.38 bits per heavy atom. The Labute approximate surface area is 96.8 Å². The molecule has 13 heavy (non-hydrogen) atoms. The van der Waals surface area contributed by atoms with E-state index in [2.05, 4.69) is 49.2 Å². The molecule has 0 aromatic heterocycles. The SMILES string of the molecule is CCC(=O)C(C)C[C@@H](I)[Si](C)(C)C. The van der Waals surface area contributed by atoms with Crippen LogP contribution in [0.2, 0.25) is 19.6 Å². The van der Waals surface area contributed by atoms with E-state index in [1.54, 1.807) is 0 Å². The highest BCUT2D eigenvalue weighted by molar-refractivity contribution is 14.1. The van der Waals surface area contributed by atoms with E-state index in [1.165, 1.54) is 0 Å². The number of Topliss-reactive ketones (excluding diaryl/α,β-unsaturated/α-hetero) is 1. The van der Waals surface area contributed by atoms with Gasteiger partial charge in [0.25, 0.3) is 0 Å². The number of halogens is 1. The Balaban J connectivity index is 4.06. The highest BCUT2D eigenvalue weighted by atomic mass is 127. The summed E-state index contributed by atoms with van der Waals surface area (Å²) in [6.45, 7) is 11.1. The monoisotopic (exact) mass is 312 g/mol. The van der Waals surface area contributed by atoms with Gasteiger partial charge in [0.2, 0.25) is 0 Å². The van der Waals surface area contributed by atoms with E-state index in [4.69, 9.17) is 0 Å². The minimum absolute atomic E-state index is 0.263. The van der Waals surface area contributed by atoms with Crippen LogP contribution in [-0.4, -0.2) is 17.4 Å². The molecule has 0 aliphatic heterocycles. The molecule has 0 aromatic carbocycles. The molecule has 0 radical (unpaired) electrons. The molecule has 0 rings (SSSR count). The molecule has 0 saturated heterocycles. The van der Waals surface area contributed by atoms with Crippen molar-refractivity contribution in [3.05, 3.63) is 0 Å². The largest absolute Gasteiger partial charge is 0.299 e. The molecular weight excluding hydrogens is 291 g/mol. The zero-order chi connectivity index (χ0) is 10.6. The first kappa shape index (κ1) is 13.6. The zero-order valence-electron chi connectivity index (χ0n) is 9.36. The minimum Gasteiger partial charge on any atom is -0.299 e. The van der Waals surface area contributed by atoms with Gasteiger partial charge in [-0.05, 0) is 6.42 Å². The van der Waals surface area contributed by atoms with Crippen molar-refractivity contribution in [3.63, 3.8) is 0 Å². The van der Waals surface area contributed by atoms with E-state index in [-0.39, 0.29) is 5.92 Å². The normalized spacial score (nSPS) is 16.8. The molecule has 0 fully saturated rings. The summed E-state index contributed by atoms with van der Waals surface area (Å²) in [5, 5.41) is 0. The second kappa shape index (κ2) is 5.49. The topological polar surface area (TPSA) is 17.1 Å². The van der Waals surface area contributed by atoms with Crippen LogP contribution in [0.25, 0.3) is 0 Å². The van der Waals surface area contributed by atoms with Gasteiger partial charge in [-0.2, -0.15) is 0 Å². The van der Waals surface area contributed by atoms with Crippen LogP contribution in [-0.2, 0) is 4.79 Å². The highest BCUT2D eigenvalue weighted by Crippen LogP contribution is 2.24. The van der Waals surface area contributed by atoms with Crippen molar-refractivity contribution in [1.29, 1.82) is 0 Å². The van der Waals surface area contributed by atoms with Gasteiger partial charge in [0, 0.05) is 15.9 Å². The molecule has 0 N–H and O–H groups in total. The van der Waals surface area contributed by atoms with Gasteiger partial charge in [-0.15, -0.1) is 0 Å². The fourth-order valence-corrected chi connectivity index (χ4v) is 2.97. The van der Waals surface area contributed by atoms with Gasteiger partial charge in [0.15, 0.2) is 0 Å². The highest BCUT2D eigenvalue weighted by Gasteiger charge is 2.27. The molecule has 0 bridgehead atoms. The summed E-state index contributed by atoms with van der Waals surface area (Å²) in [5.41, 5.74) is 0. The molecular formula is C10H21IOSi. The Morgan fingerprint density at radius 2 is 1.85 bits per heavy atom. The Morgan fingerprint density at radius 3 is 2.15 bits per heavy atom. The van der Waals surface area contributed by atoms with Gasteiger partial charge >= 0.3 is 0 Å². The van der Waals surface area contributed by atoms with Crippen molar-refractivity contribution in [2.75, 3.05) is 0 Å². The average Bonchev–Trinajstić information content (AvgIpc) is 2.01. The van der Waals surface area contributed by atoms with Crippen LogP contribution in [0, 0.1) is 5.92 Å². The number of ketones is 1. The molecule has 0 aliphatic carbocycles. The molecule has 0 saturated carbocycles. The predicted octanol–water partition coefficient (Wildman–Crippen LogP) is 3.67. The summed E-state index contributed by atoms with van der Waals surface area (Å²) < 4.78 is 0.718. The third kappa shape index (κ3) is 5.15.